The number of hydrogen-bond acceptors (Lipinski definition) is 5. The predicted molar refractivity (Wildman–Crippen MR) is 76.5 cm³/mol. The van der Waals surface area contributed by atoms with Crippen LogP contribution in [0.15, 0.2) is 0 Å². The van der Waals surface area contributed by atoms with Gasteiger partial charge < -0.3 is 24.8 Å². The minimum Gasteiger partial charge on any atom is -0.389 e. The predicted octanol–water partition coefficient (Wildman–Crippen LogP) is 0.474. The smallest absolute Gasteiger partial charge is 0.0897 e. The molecule has 1 atom stereocenters. The molecule has 0 aliphatic heterocycles. The van der Waals surface area contributed by atoms with Crippen molar-refractivity contribution in [1.82, 2.24) is 10.2 Å². The third-order valence-corrected chi connectivity index (χ3v) is 3.95. The molecule has 1 saturated carbocycles. The second-order valence-corrected chi connectivity index (χ2v) is 5.53. The van der Waals surface area contributed by atoms with Crippen molar-refractivity contribution >= 4 is 0 Å². The molecular formula is C14H30N2O3. The zero-order chi connectivity index (χ0) is 14.1. The van der Waals surface area contributed by atoms with Gasteiger partial charge in [0.25, 0.3) is 0 Å². The monoisotopic (exact) mass is 274 g/mol. The topological polar surface area (TPSA) is 54.0 Å². The first-order chi connectivity index (χ1) is 9.10. The number of aliphatic hydroxyl groups is 1. The Morgan fingerprint density at radius 1 is 1.26 bits per heavy atom. The van der Waals surface area contributed by atoms with E-state index >= 15 is 0 Å². The summed E-state index contributed by atoms with van der Waals surface area (Å²) in [5.74, 6) is 0. The molecular weight excluding hydrogens is 244 g/mol. The van der Waals surface area contributed by atoms with Crippen LogP contribution >= 0.6 is 0 Å². The lowest BCUT2D eigenvalue weighted by Gasteiger charge is -2.47. The lowest BCUT2D eigenvalue weighted by atomic mass is 9.75. The zero-order valence-corrected chi connectivity index (χ0v) is 12.7. The van der Waals surface area contributed by atoms with Crippen LogP contribution in [-0.4, -0.2) is 75.3 Å². The van der Waals surface area contributed by atoms with Gasteiger partial charge in [-0.25, -0.2) is 0 Å². The van der Waals surface area contributed by atoms with E-state index in [4.69, 9.17) is 9.47 Å². The number of hydrogen-bond donors (Lipinski definition) is 2. The lowest BCUT2D eigenvalue weighted by Crippen LogP contribution is -2.57. The molecule has 0 saturated heterocycles. The molecule has 1 fully saturated rings. The van der Waals surface area contributed by atoms with Gasteiger partial charge in [0.2, 0.25) is 0 Å². The van der Waals surface area contributed by atoms with Crippen molar-refractivity contribution in [3.63, 3.8) is 0 Å². The summed E-state index contributed by atoms with van der Waals surface area (Å²) < 4.78 is 10.5. The minimum absolute atomic E-state index is 0.301. The van der Waals surface area contributed by atoms with Crippen LogP contribution in [0.5, 0.6) is 0 Å². The van der Waals surface area contributed by atoms with Crippen molar-refractivity contribution in [1.29, 1.82) is 0 Å². The molecule has 0 aromatic heterocycles. The SMILES string of the molecule is CCOCCOCC(O)CNCC1(N(C)C)CCC1. The van der Waals surface area contributed by atoms with E-state index in [1.165, 1.54) is 19.3 Å². The summed E-state index contributed by atoms with van der Waals surface area (Å²) >= 11 is 0. The van der Waals surface area contributed by atoms with E-state index in [-0.39, 0.29) is 0 Å². The van der Waals surface area contributed by atoms with Gasteiger partial charge in [-0.3, -0.25) is 0 Å². The Kier molecular flexibility index (Phi) is 7.87. The maximum Gasteiger partial charge on any atom is 0.0897 e. The maximum absolute atomic E-state index is 9.79. The van der Waals surface area contributed by atoms with Gasteiger partial charge in [-0.1, -0.05) is 0 Å². The van der Waals surface area contributed by atoms with Crippen LogP contribution in [0.1, 0.15) is 26.2 Å². The molecule has 0 radical (unpaired) electrons. The van der Waals surface area contributed by atoms with E-state index in [1.807, 2.05) is 6.92 Å². The van der Waals surface area contributed by atoms with Gasteiger partial charge in [-0.15, -0.1) is 0 Å². The average molecular weight is 274 g/mol. The normalized spacial score (nSPS) is 19.4. The third kappa shape index (κ3) is 5.75. The van der Waals surface area contributed by atoms with Crippen LogP contribution < -0.4 is 5.32 Å². The quantitative estimate of drug-likeness (QED) is 0.537. The molecule has 2 N–H and O–H groups in total. The largest absolute Gasteiger partial charge is 0.389 e. The van der Waals surface area contributed by atoms with Crippen LogP contribution in [-0.2, 0) is 9.47 Å². The standard InChI is InChI=1S/C14H30N2O3/c1-4-18-8-9-19-11-13(17)10-15-12-14(16(2)3)6-5-7-14/h13,15,17H,4-12H2,1-3H3. The number of ether oxygens (including phenoxy) is 2. The van der Waals surface area contributed by atoms with Crippen molar-refractivity contribution in [2.75, 3.05) is 53.6 Å². The van der Waals surface area contributed by atoms with E-state index in [0.717, 1.165) is 6.54 Å². The lowest BCUT2D eigenvalue weighted by molar-refractivity contribution is 0.00304. The van der Waals surface area contributed by atoms with Crippen LogP contribution in [0.3, 0.4) is 0 Å². The Balaban J connectivity index is 2.02. The second-order valence-electron chi connectivity index (χ2n) is 5.53. The average Bonchev–Trinajstić information content (AvgIpc) is 2.31. The molecule has 114 valence electrons. The van der Waals surface area contributed by atoms with Crippen LogP contribution in [0.2, 0.25) is 0 Å². The number of aliphatic hydroxyl groups excluding tert-OH is 1. The summed E-state index contributed by atoms with van der Waals surface area (Å²) in [6.45, 7) is 5.71. The Bertz CT molecular complexity index is 233. The summed E-state index contributed by atoms with van der Waals surface area (Å²) in [5, 5.41) is 13.1. The van der Waals surface area contributed by atoms with Crippen LogP contribution in [0, 0.1) is 0 Å². The number of rotatable bonds is 11. The van der Waals surface area contributed by atoms with Gasteiger partial charge >= 0.3 is 0 Å². The highest BCUT2D eigenvalue weighted by atomic mass is 16.5. The molecule has 0 amide bonds. The van der Waals surface area contributed by atoms with Crippen molar-refractivity contribution in [3.05, 3.63) is 0 Å². The second kappa shape index (κ2) is 8.87. The number of nitrogens with zero attached hydrogens (tertiary/aromatic N) is 1. The molecule has 0 heterocycles. The molecule has 19 heavy (non-hydrogen) atoms. The van der Waals surface area contributed by atoms with Crippen LogP contribution in [0.25, 0.3) is 0 Å². The zero-order valence-electron chi connectivity index (χ0n) is 12.7. The first-order valence-corrected chi connectivity index (χ1v) is 7.32. The Morgan fingerprint density at radius 3 is 2.47 bits per heavy atom. The summed E-state index contributed by atoms with van der Waals surface area (Å²) in [6, 6.07) is 0. The summed E-state index contributed by atoms with van der Waals surface area (Å²) in [6.07, 6.45) is 3.35. The fraction of sp³-hybridized carbons (Fsp3) is 1.00. The molecule has 1 rings (SSSR count). The molecule has 0 aromatic rings. The van der Waals surface area contributed by atoms with E-state index in [0.29, 0.717) is 38.5 Å². The summed E-state index contributed by atoms with van der Waals surface area (Å²) in [4.78, 5) is 2.30. The minimum atomic E-state index is -0.444. The van der Waals surface area contributed by atoms with Gasteiger partial charge in [0.1, 0.15) is 0 Å². The first kappa shape index (κ1) is 16.9. The third-order valence-electron chi connectivity index (χ3n) is 3.95. The molecule has 1 aliphatic rings. The van der Waals surface area contributed by atoms with E-state index in [1.54, 1.807) is 0 Å². The molecule has 1 aliphatic carbocycles. The van der Waals surface area contributed by atoms with E-state index < -0.39 is 6.10 Å². The van der Waals surface area contributed by atoms with Gasteiger partial charge in [-0.2, -0.15) is 0 Å². The Labute approximate surface area is 117 Å². The van der Waals surface area contributed by atoms with Gasteiger partial charge in [0, 0.05) is 25.2 Å². The molecule has 5 heteroatoms. The van der Waals surface area contributed by atoms with Crippen LogP contribution in [0.4, 0.5) is 0 Å². The molecule has 5 nitrogen and oxygen atoms in total. The van der Waals surface area contributed by atoms with E-state index in [9.17, 15) is 5.11 Å². The highest BCUT2D eigenvalue weighted by Gasteiger charge is 2.38. The molecule has 0 spiro atoms. The Morgan fingerprint density at radius 2 is 1.95 bits per heavy atom. The highest BCUT2D eigenvalue weighted by molar-refractivity contribution is 4.97. The van der Waals surface area contributed by atoms with E-state index in [2.05, 4.69) is 24.3 Å². The van der Waals surface area contributed by atoms with Crippen molar-refractivity contribution < 1.29 is 14.6 Å². The molecule has 0 bridgehead atoms. The van der Waals surface area contributed by atoms with Gasteiger partial charge in [0.05, 0.1) is 25.9 Å². The van der Waals surface area contributed by atoms with Crippen molar-refractivity contribution in [2.45, 2.75) is 37.8 Å². The number of nitrogens with one attached hydrogen (secondary N) is 1. The fourth-order valence-corrected chi connectivity index (χ4v) is 2.38. The summed E-state index contributed by atoms with van der Waals surface area (Å²) in [5.41, 5.74) is 0.301. The highest BCUT2D eigenvalue weighted by Crippen LogP contribution is 2.35. The summed E-state index contributed by atoms with van der Waals surface area (Å²) in [7, 11) is 4.27. The van der Waals surface area contributed by atoms with Gasteiger partial charge in [-0.05, 0) is 40.3 Å². The van der Waals surface area contributed by atoms with Crippen molar-refractivity contribution in [2.24, 2.45) is 0 Å². The Hall–Kier alpha value is -0.200. The maximum atomic E-state index is 9.79. The van der Waals surface area contributed by atoms with Gasteiger partial charge in [0.15, 0.2) is 0 Å². The molecule has 1 unspecified atom stereocenters. The first-order valence-electron chi connectivity index (χ1n) is 7.32. The molecule has 0 aromatic carbocycles. The fourth-order valence-electron chi connectivity index (χ4n) is 2.38. The number of likely N-dealkylation sites (N-methyl/N-ethyl adjacent to an activating group) is 1. The van der Waals surface area contributed by atoms with Crippen molar-refractivity contribution in [3.8, 4) is 0 Å².